The second-order valence-electron chi connectivity index (χ2n) is 10.1. The molecule has 7 rings (SSSR count). The van der Waals surface area contributed by atoms with Gasteiger partial charge in [0, 0.05) is 67.1 Å². The summed E-state index contributed by atoms with van der Waals surface area (Å²) in [6.07, 6.45) is 6.75. The molecule has 5 aromatic rings. The van der Waals surface area contributed by atoms with Gasteiger partial charge in [-0.3, -0.25) is 14.9 Å². The van der Waals surface area contributed by atoms with Gasteiger partial charge in [0.2, 0.25) is 5.91 Å². The zero-order valence-corrected chi connectivity index (χ0v) is 20.8. The van der Waals surface area contributed by atoms with E-state index in [1.54, 1.807) is 30.7 Å². The predicted octanol–water partition coefficient (Wildman–Crippen LogP) is 3.80. The molecule has 0 atom stereocenters. The van der Waals surface area contributed by atoms with Gasteiger partial charge in [-0.25, -0.2) is 14.4 Å². The van der Waals surface area contributed by atoms with Crippen molar-refractivity contribution in [3.63, 3.8) is 0 Å². The Morgan fingerprint density at radius 3 is 2.79 bits per heavy atom. The lowest BCUT2D eigenvalue weighted by Crippen LogP contribution is -2.44. The maximum Gasteiger partial charge on any atom is 0.227 e. The summed E-state index contributed by atoms with van der Waals surface area (Å²) < 4.78 is 15.2. The molecule has 1 aliphatic carbocycles. The number of hydrogen-bond donors (Lipinski definition) is 3. The van der Waals surface area contributed by atoms with Gasteiger partial charge in [-0.1, -0.05) is 0 Å². The number of anilines is 2. The van der Waals surface area contributed by atoms with Gasteiger partial charge >= 0.3 is 0 Å². The van der Waals surface area contributed by atoms with E-state index in [0.717, 1.165) is 50.2 Å². The summed E-state index contributed by atoms with van der Waals surface area (Å²) >= 11 is 0. The monoisotopic (exact) mass is 511 g/mol. The largest absolute Gasteiger partial charge is 0.367 e. The van der Waals surface area contributed by atoms with Gasteiger partial charge in [0.05, 0.1) is 23.1 Å². The van der Waals surface area contributed by atoms with Crippen LogP contribution in [0.2, 0.25) is 0 Å². The lowest BCUT2D eigenvalue weighted by atomic mass is 10.0. The summed E-state index contributed by atoms with van der Waals surface area (Å²) in [6.45, 7) is 3.82. The van der Waals surface area contributed by atoms with Gasteiger partial charge in [-0.15, -0.1) is 0 Å². The van der Waals surface area contributed by atoms with Crippen LogP contribution in [0.3, 0.4) is 0 Å². The maximum absolute atomic E-state index is 15.2. The highest BCUT2D eigenvalue weighted by Crippen LogP contribution is 2.35. The standard InChI is InChI=1S/C27H26FN9O/c1-36-6-8-37(9-7-36)22-4-5-30-25-24(22)32-26(33-25)23-19-11-18(20(28)12-21(19)34-35-23)16-10-17(14-29-13-16)31-27(38)15-2-3-15/h4-5,10-15H,2-3,6-9H2,1H3,(H,31,38)(H,34,35)(H,30,32,33). The van der Waals surface area contributed by atoms with E-state index in [4.69, 9.17) is 4.98 Å². The molecule has 38 heavy (non-hydrogen) atoms. The van der Waals surface area contributed by atoms with Crippen molar-refractivity contribution in [3.05, 3.63) is 48.7 Å². The first-order chi connectivity index (χ1) is 18.5. The van der Waals surface area contributed by atoms with E-state index in [-0.39, 0.29) is 11.8 Å². The molecule has 0 radical (unpaired) electrons. The van der Waals surface area contributed by atoms with E-state index in [0.29, 0.717) is 44.9 Å². The number of halogens is 1. The van der Waals surface area contributed by atoms with Gasteiger partial charge in [0.1, 0.15) is 17.0 Å². The lowest BCUT2D eigenvalue weighted by molar-refractivity contribution is -0.117. The Morgan fingerprint density at radius 2 is 1.97 bits per heavy atom. The predicted molar refractivity (Wildman–Crippen MR) is 143 cm³/mol. The summed E-state index contributed by atoms with van der Waals surface area (Å²) in [5.41, 5.74) is 5.13. The van der Waals surface area contributed by atoms with Crippen LogP contribution in [0.4, 0.5) is 15.8 Å². The molecule has 192 valence electrons. The minimum atomic E-state index is -0.413. The number of aromatic amines is 2. The van der Waals surface area contributed by atoms with Gasteiger partial charge < -0.3 is 20.1 Å². The Morgan fingerprint density at radius 1 is 1.13 bits per heavy atom. The van der Waals surface area contributed by atoms with E-state index in [9.17, 15) is 4.79 Å². The molecule has 1 saturated carbocycles. The van der Waals surface area contributed by atoms with Crippen molar-refractivity contribution >= 4 is 39.3 Å². The smallest absolute Gasteiger partial charge is 0.227 e. The van der Waals surface area contributed by atoms with Crippen molar-refractivity contribution in [3.8, 4) is 22.6 Å². The zero-order valence-electron chi connectivity index (χ0n) is 20.8. The Hall–Kier alpha value is -4.38. The third-order valence-corrected chi connectivity index (χ3v) is 7.35. The molecule has 2 fully saturated rings. The van der Waals surface area contributed by atoms with Crippen LogP contribution >= 0.6 is 0 Å². The van der Waals surface area contributed by atoms with Crippen LogP contribution in [0.25, 0.3) is 44.7 Å². The zero-order chi connectivity index (χ0) is 25.8. The number of pyridine rings is 2. The van der Waals surface area contributed by atoms with E-state index in [1.165, 1.54) is 6.07 Å². The molecule has 5 heterocycles. The van der Waals surface area contributed by atoms with Crippen molar-refractivity contribution in [2.24, 2.45) is 5.92 Å². The summed E-state index contributed by atoms with van der Waals surface area (Å²) in [5, 5.41) is 11.0. The van der Waals surface area contributed by atoms with Crippen LogP contribution < -0.4 is 10.2 Å². The van der Waals surface area contributed by atoms with E-state index >= 15 is 4.39 Å². The van der Waals surface area contributed by atoms with Gasteiger partial charge in [0.25, 0.3) is 0 Å². The third kappa shape index (κ3) is 4.04. The van der Waals surface area contributed by atoms with E-state index < -0.39 is 5.82 Å². The second kappa shape index (κ2) is 8.88. The van der Waals surface area contributed by atoms with E-state index in [2.05, 4.69) is 47.3 Å². The number of aromatic nitrogens is 6. The van der Waals surface area contributed by atoms with E-state index in [1.807, 2.05) is 6.07 Å². The Labute approximate surface area is 217 Å². The number of nitrogens with zero attached hydrogens (tertiary/aromatic N) is 6. The number of imidazole rings is 1. The number of H-pyrrole nitrogens is 2. The number of amides is 1. The SMILES string of the molecule is CN1CCN(c2ccnc3nc(-c4n[nH]c5cc(F)c(-c6cncc(NC(=O)C7CC7)c6)cc45)[nH]c23)CC1. The number of rotatable bonds is 5. The molecule has 1 amide bonds. The molecule has 2 aliphatic rings. The number of carbonyl (C=O) groups is 1. The molecule has 0 spiro atoms. The first-order valence-corrected chi connectivity index (χ1v) is 12.8. The summed E-state index contributed by atoms with van der Waals surface area (Å²) in [5.74, 6) is 0.187. The topological polar surface area (TPSA) is 119 Å². The Balaban J connectivity index is 1.27. The molecule has 11 heteroatoms. The Kier molecular flexibility index (Phi) is 5.32. The van der Waals surface area contributed by atoms with Gasteiger partial charge in [0.15, 0.2) is 11.5 Å². The average Bonchev–Trinajstić information content (AvgIpc) is 3.56. The van der Waals surface area contributed by atoms with Crippen LogP contribution in [-0.2, 0) is 4.79 Å². The molecule has 3 N–H and O–H groups in total. The summed E-state index contributed by atoms with van der Waals surface area (Å²) in [7, 11) is 2.13. The first-order valence-electron chi connectivity index (χ1n) is 12.8. The third-order valence-electron chi connectivity index (χ3n) is 7.35. The van der Waals surface area contributed by atoms with Crippen molar-refractivity contribution in [2.75, 3.05) is 43.4 Å². The van der Waals surface area contributed by atoms with Crippen LogP contribution in [0, 0.1) is 11.7 Å². The highest BCUT2D eigenvalue weighted by molar-refractivity contribution is 5.98. The number of nitrogens with one attached hydrogen (secondary N) is 3. The number of fused-ring (bicyclic) bond motifs is 2. The maximum atomic E-state index is 15.2. The molecule has 0 unspecified atom stereocenters. The fraction of sp³-hybridized carbons (Fsp3) is 0.296. The molecule has 1 saturated heterocycles. The molecule has 10 nitrogen and oxygen atoms in total. The molecule has 1 aromatic carbocycles. The first kappa shape index (κ1) is 22.8. The summed E-state index contributed by atoms with van der Waals surface area (Å²) in [4.78, 5) is 33.7. The van der Waals surface area contributed by atoms with Gasteiger partial charge in [-0.05, 0) is 38.1 Å². The molecule has 1 aliphatic heterocycles. The number of hydrogen-bond acceptors (Lipinski definition) is 7. The fourth-order valence-corrected chi connectivity index (χ4v) is 5.01. The average molecular weight is 512 g/mol. The normalized spacial score (nSPS) is 16.4. The van der Waals surface area contributed by atoms with Crippen molar-refractivity contribution in [1.29, 1.82) is 0 Å². The van der Waals surface area contributed by atoms with Crippen LogP contribution in [0.5, 0.6) is 0 Å². The lowest BCUT2D eigenvalue weighted by Gasteiger charge is -2.34. The number of carbonyl (C=O) groups excluding carboxylic acids is 1. The highest BCUT2D eigenvalue weighted by atomic mass is 19.1. The highest BCUT2D eigenvalue weighted by Gasteiger charge is 2.29. The number of likely N-dealkylation sites (N-methyl/N-ethyl adjacent to an activating group) is 1. The molecular weight excluding hydrogens is 485 g/mol. The summed E-state index contributed by atoms with van der Waals surface area (Å²) in [6, 6.07) is 6.92. The van der Waals surface area contributed by atoms with Crippen molar-refractivity contribution in [1.82, 2.24) is 35.0 Å². The molecule has 4 aromatic heterocycles. The quantitative estimate of drug-likeness (QED) is 0.328. The Bertz CT molecular complexity index is 1680. The minimum absolute atomic E-state index is 0.0218. The van der Waals surface area contributed by atoms with Crippen LogP contribution in [0.15, 0.2) is 42.9 Å². The van der Waals surface area contributed by atoms with Gasteiger partial charge in [-0.2, -0.15) is 5.10 Å². The minimum Gasteiger partial charge on any atom is -0.367 e. The van der Waals surface area contributed by atoms with Crippen molar-refractivity contribution in [2.45, 2.75) is 12.8 Å². The second-order valence-corrected chi connectivity index (χ2v) is 10.1. The molecular formula is C27H26FN9O. The van der Waals surface area contributed by atoms with Crippen LogP contribution in [-0.4, -0.2) is 74.2 Å². The van der Waals surface area contributed by atoms with Crippen LogP contribution in [0.1, 0.15) is 12.8 Å². The number of piperazine rings is 1. The fourth-order valence-electron chi connectivity index (χ4n) is 5.01. The number of benzene rings is 1. The van der Waals surface area contributed by atoms with Crippen molar-refractivity contribution < 1.29 is 9.18 Å². The molecule has 0 bridgehead atoms.